The normalized spacial score (nSPS) is 13.3. The molecule has 0 amide bonds. The zero-order valence-electron chi connectivity index (χ0n) is 16.0. The predicted octanol–water partition coefficient (Wildman–Crippen LogP) is 3.08. The number of hydrogen-bond acceptors (Lipinski definition) is 4. The summed E-state index contributed by atoms with van der Waals surface area (Å²) in [7, 11) is -1.57. The van der Waals surface area contributed by atoms with Gasteiger partial charge in [0.15, 0.2) is 9.84 Å². The second-order valence-corrected chi connectivity index (χ2v) is 8.34. The Kier molecular flexibility index (Phi) is 5.97. The van der Waals surface area contributed by atoms with E-state index in [1.165, 1.54) is 6.26 Å². The Balaban J connectivity index is 2.26. The number of nitrogens with zero attached hydrogens (tertiary/aromatic N) is 4. The van der Waals surface area contributed by atoms with Gasteiger partial charge in [0.1, 0.15) is 5.82 Å². The van der Waals surface area contributed by atoms with Crippen molar-refractivity contribution >= 4 is 27.2 Å². The van der Waals surface area contributed by atoms with Crippen molar-refractivity contribution in [1.29, 1.82) is 0 Å². The quantitative estimate of drug-likeness (QED) is 0.657. The van der Waals surface area contributed by atoms with Crippen molar-refractivity contribution < 1.29 is 8.42 Å². The Morgan fingerprint density at radius 3 is 2.35 bits per heavy atom. The van der Waals surface area contributed by atoms with Gasteiger partial charge in [-0.3, -0.25) is 4.99 Å². The van der Waals surface area contributed by atoms with Crippen LogP contribution in [0.25, 0.3) is 0 Å². The number of aryl methyl sites for hydroxylation is 1. The van der Waals surface area contributed by atoms with Crippen molar-refractivity contribution in [2.75, 3.05) is 18.6 Å². The maximum atomic E-state index is 11.5. The summed E-state index contributed by atoms with van der Waals surface area (Å²) >= 11 is 0. The van der Waals surface area contributed by atoms with Crippen LogP contribution in [-0.2, 0) is 9.84 Å². The molecule has 1 heterocycles. The molecule has 0 saturated carbocycles. The largest absolute Gasteiger partial charge is 0.325 e. The molecule has 1 aromatic heterocycles. The van der Waals surface area contributed by atoms with Gasteiger partial charge in [-0.25, -0.2) is 18.4 Å². The van der Waals surface area contributed by atoms with E-state index in [4.69, 9.17) is 0 Å². The number of sulfone groups is 1. The zero-order valence-corrected chi connectivity index (χ0v) is 16.8. The van der Waals surface area contributed by atoms with Gasteiger partial charge in [0.2, 0.25) is 5.96 Å². The molecule has 26 heavy (non-hydrogen) atoms. The van der Waals surface area contributed by atoms with E-state index in [9.17, 15) is 8.42 Å². The smallest absolute Gasteiger partial charge is 0.222 e. The molecule has 0 radical (unpaired) electrons. The molecular formula is C18H25N5O2S. The van der Waals surface area contributed by atoms with E-state index in [-0.39, 0.29) is 10.9 Å². The molecule has 0 unspecified atom stereocenters. The highest BCUT2D eigenvalue weighted by atomic mass is 32.2. The van der Waals surface area contributed by atoms with Crippen molar-refractivity contribution in [3.63, 3.8) is 0 Å². The molecule has 0 saturated heterocycles. The van der Waals surface area contributed by atoms with Gasteiger partial charge in [0, 0.05) is 25.0 Å². The standard InChI is InChI=1S/C18H25N5O2S/c1-12(2)23-14(4)20-11-17(23)13(3)21-18(19-5)22-15-7-9-16(10-8-15)26(6,24)25/h7-12H,1-6H3,(H,19,22). The SMILES string of the molecule is CN=C(N=C(C)c1cnc(C)n1C(C)C)Nc1ccc(S(C)(=O)=O)cc1. The van der Waals surface area contributed by atoms with Crippen LogP contribution in [0.1, 0.15) is 38.3 Å². The van der Waals surface area contributed by atoms with Crippen LogP contribution >= 0.6 is 0 Å². The van der Waals surface area contributed by atoms with Crippen molar-refractivity contribution in [1.82, 2.24) is 9.55 Å². The van der Waals surface area contributed by atoms with Crippen molar-refractivity contribution in [3.05, 3.63) is 42.0 Å². The Bertz CT molecular complexity index is 938. The summed E-state index contributed by atoms with van der Waals surface area (Å²) in [5, 5.41) is 3.10. The summed E-state index contributed by atoms with van der Waals surface area (Å²) in [5.74, 6) is 1.37. The molecule has 2 aromatic rings. The second-order valence-electron chi connectivity index (χ2n) is 6.32. The number of rotatable bonds is 4. The number of guanidine groups is 1. The first-order valence-electron chi connectivity index (χ1n) is 8.27. The molecule has 0 bridgehead atoms. The molecule has 1 aromatic carbocycles. The summed E-state index contributed by atoms with van der Waals surface area (Å²) in [6.45, 7) is 8.08. The molecule has 0 fully saturated rings. The van der Waals surface area contributed by atoms with Crippen LogP contribution in [0, 0.1) is 6.92 Å². The minimum Gasteiger partial charge on any atom is -0.325 e. The Hall–Kier alpha value is -2.48. The number of anilines is 1. The molecule has 1 N–H and O–H groups in total. The third-order valence-corrected chi connectivity index (χ3v) is 5.02. The van der Waals surface area contributed by atoms with Crippen molar-refractivity contribution in [2.24, 2.45) is 9.98 Å². The Morgan fingerprint density at radius 1 is 1.23 bits per heavy atom. The first kappa shape index (κ1) is 19.8. The van der Waals surface area contributed by atoms with Crippen LogP contribution in [0.5, 0.6) is 0 Å². The molecule has 140 valence electrons. The average Bonchev–Trinajstić information content (AvgIpc) is 2.95. The number of hydrogen-bond donors (Lipinski definition) is 1. The average molecular weight is 375 g/mol. The van der Waals surface area contributed by atoms with Gasteiger partial charge >= 0.3 is 0 Å². The number of benzene rings is 1. The van der Waals surface area contributed by atoms with Gasteiger partial charge in [0.25, 0.3) is 0 Å². The molecular weight excluding hydrogens is 350 g/mol. The summed E-state index contributed by atoms with van der Waals surface area (Å²) in [6.07, 6.45) is 2.99. The lowest BCUT2D eigenvalue weighted by Crippen LogP contribution is -2.15. The number of nitrogens with one attached hydrogen (secondary N) is 1. The Labute approximate surface area is 154 Å². The van der Waals surface area contributed by atoms with Gasteiger partial charge in [-0.2, -0.15) is 0 Å². The van der Waals surface area contributed by atoms with Gasteiger partial charge in [-0.1, -0.05) is 0 Å². The topological polar surface area (TPSA) is 88.7 Å². The Morgan fingerprint density at radius 2 is 1.85 bits per heavy atom. The summed E-state index contributed by atoms with van der Waals surface area (Å²) in [5.41, 5.74) is 2.44. The zero-order chi connectivity index (χ0) is 19.5. The third-order valence-electron chi connectivity index (χ3n) is 3.89. The van der Waals surface area contributed by atoms with E-state index in [2.05, 4.69) is 38.7 Å². The lowest BCUT2D eigenvalue weighted by atomic mass is 10.2. The molecule has 0 aliphatic carbocycles. The summed E-state index contributed by atoms with van der Waals surface area (Å²) in [4.78, 5) is 13.4. The minimum atomic E-state index is -3.21. The highest BCUT2D eigenvalue weighted by Gasteiger charge is 2.13. The monoisotopic (exact) mass is 375 g/mol. The van der Waals surface area contributed by atoms with E-state index in [1.54, 1.807) is 31.3 Å². The summed E-state index contributed by atoms with van der Waals surface area (Å²) < 4.78 is 25.2. The maximum Gasteiger partial charge on any atom is 0.222 e. The molecule has 0 aliphatic heterocycles. The molecule has 0 atom stereocenters. The van der Waals surface area contributed by atoms with Crippen LogP contribution in [0.4, 0.5) is 5.69 Å². The van der Waals surface area contributed by atoms with Gasteiger partial charge in [-0.05, 0) is 52.0 Å². The van der Waals surface area contributed by atoms with Crippen molar-refractivity contribution in [2.45, 2.75) is 38.6 Å². The highest BCUT2D eigenvalue weighted by molar-refractivity contribution is 7.90. The predicted molar refractivity (Wildman–Crippen MR) is 106 cm³/mol. The maximum absolute atomic E-state index is 11.5. The molecule has 8 heteroatoms. The first-order valence-corrected chi connectivity index (χ1v) is 10.2. The molecule has 0 spiro atoms. The lowest BCUT2D eigenvalue weighted by molar-refractivity contribution is 0.579. The van der Waals surface area contributed by atoms with E-state index in [1.807, 2.05) is 20.0 Å². The molecule has 7 nitrogen and oxygen atoms in total. The fraction of sp³-hybridized carbons (Fsp3) is 0.389. The fourth-order valence-corrected chi connectivity index (χ4v) is 3.27. The minimum absolute atomic E-state index is 0.272. The fourth-order valence-electron chi connectivity index (χ4n) is 2.64. The first-order chi connectivity index (χ1) is 12.1. The van der Waals surface area contributed by atoms with Gasteiger partial charge in [-0.15, -0.1) is 0 Å². The molecule has 0 aliphatic rings. The second kappa shape index (κ2) is 7.82. The van der Waals surface area contributed by atoms with Crippen molar-refractivity contribution in [3.8, 4) is 0 Å². The molecule has 2 rings (SSSR count). The van der Waals surface area contributed by atoms with Crippen LogP contribution in [-0.4, -0.2) is 42.9 Å². The van der Waals surface area contributed by atoms with E-state index >= 15 is 0 Å². The van der Waals surface area contributed by atoms with E-state index in [0.29, 0.717) is 11.6 Å². The van der Waals surface area contributed by atoms with Crippen LogP contribution in [0.3, 0.4) is 0 Å². The highest BCUT2D eigenvalue weighted by Crippen LogP contribution is 2.16. The van der Waals surface area contributed by atoms with E-state index < -0.39 is 9.84 Å². The van der Waals surface area contributed by atoms with Gasteiger partial charge in [0.05, 0.1) is 22.5 Å². The number of aromatic nitrogens is 2. The van der Waals surface area contributed by atoms with Crippen LogP contribution in [0.15, 0.2) is 45.3 Å². The van der Waals surface area contributed by atoms with E-state index in [0.717, 1.165) is 17.2 Å². The van der Waals surface area contributed by atoms with Crippen LogP contribution < -0.4 is 5.32 Å². The number of aliphatic imine (C=N–C) groups is 2. The third kappa shape index (κ3) is 4.57. The summed E-state index contributed by atoms with van der Waals surface area (Å²) in [6, 6.07) is 6.76. The van der Waals surface area contributed by atoms with Gasteiger partial charge < -0.3 is 9.88 Å². The lowest BCUT2D eigenvalue weighted by Gasteiger charge is -2.14. The number of imidazole rings is 1. The van der Waals surface area contributed by atoms with Crippen LogP contribution in [0.2, 0.25) is 0 Å².